The summed E-state index contributed by atoms with van der Waals surface area (Å²) in [5.74, 6) is -0.388. The zero-order valence-corrected chi connectivity index (χ0v) is 14.1. The number of thiophene rings is 1. The molecule has 3 aromatic rings. The SMILES string of the molecule is Cc1cc(-c2ccccc2)nc2sc(C(=O)OC(C)C)c(N)c12. The topological polar surface area (TPSA) is 65.2 Å². The zero-order chi connectivity index (χ0) is 16.6. The van der Waals surface area contributed by atoms with Gasteiger partial charge in [0.25, 0.3) is 0 Å². The molecule has 0 bridgehead atoms. The van der Waals surface area contributed by atoms with Gasteiger partial charge in [-0.2, -0.15) is 0 Å². The van der Waals surface area contributed by atoms with Gasteiger partial charge < -0.3 is 10.5 Å². The number of aryl methyl sites for hydroxylation is 1. The van der Waals surface area contributed by atoms with E-state index in [1.807, 2.05) is 57.2 Å². The third-order valence-corrected chi connectivity index (χ3v) is 4.57. The third-order valence-electron chi connectivity index (χ3n) is 3.49. The van der Waals surface area contributed by atoms with Crippen LogP contribution in [0.2, 0.25) is 0 Å². The van der Waals surface area contributed by atoms with E-state index in [1.165, 1.54) is 11.3 Å². The molecule has 0 saturated carbocycles. The minimum Gasteiger partial charge on any atom is -0.459 e. The smallest absolute Gasteiger partial charge is 0.350 e. The second-order valence-electron chi connectivity index (χ2n) is 5.67. The molecule has 3 rings (SSSR count). The largest absolute Gasteiger partial charge is 0.459 e. The number of carbonyl (C=O) groups excluding carboxylic acids is 1. The molecule has 2 heterocycles. The highest BCUT2D eigenvalue weighted by molar-refractivity contribution is 7.21. The van der Waals surface area contributed by atoms with E-state index in [9.17, 15) is 4.79 Å². The third kappa shape index (κ3) is 2.92. The fourth-order valence-corrected chi connectivity index (χ4v) is 3.54. The molecule has 2 aromatic heterocycles. The maximum absolute atomic E-state index is 12.2. The van der Waals surface area contributed by atoms with E-state index in [-0.39, 0.29) is 12.1 Å². The highest BCUT2D eigenvalue weighted by Gasteiger charge is 2.21. The van der Waals surface area contributed by atoms with Crippen LogP contribution in [-0.4, -0.2) is 17.1 Å². The lowest BCUT2D eigenvalue weighted by atomic mass is 10.1. The molecule has 0 aliphatic rings. The van der Waals surface area contributed by atoms with Gasteiger partial charge in [-0.05, 0) is 32.4 Å². The summed E-state index contributed by atoms with van der Waals surface area (Å²) >= 11 is 1.29. The molecular weight excluding hydrogens is 308 g/mol. The lowest BCUT2D eigenvalue weighted by Crippen LogP contribution is -2.11. The van der Waals surface area contributed by atoms with Gasteiger partial charge in [-0.1, -0.05) is 30.3 Å². The minimum atomic E-state index is -0.388. The number of pyridine rings is 1. The Labute approximate surface area is 138 Å². The molecule has 4 nitrogen and oxygen atoms in total. The van der Waals surface area contributed by atoms with Crippen molar-refractivity contribution in [3.05, 3.63) is 46.8 Å². The van der Waals surface area contributed by atoms with Gasteiger partial charge in [0.15, 0.2) is 0 Å². The standard InChI is InChI=1S/C18H18N2O2S/c1-10(2)22-18(21)16-15(19)14-11(3)9-13(20-17(14)23-16)12-7-5-4-6-8-12/h4-10H,19H2,1-3H3. The van der Waals surface area contributed by atoms with Crippen molar-refractivity contribution in [1.82, 2.24) is 4.98 Å². The molecule has 0 aliphatic carbocycles. The number of nitrogens with zero attached hydrogens (tertiary/aromatic N) is 1. The molecule has 23 heavy (non-hydrogen) atoms. The van der Waals surface area contributed by atoms with Gasteiger partial charge in [0.1, 0.15) is 9.71 Å². The molecular formula is C18H18N2O2S. The van der Waals surface area contributed by atoms with Crippen LogP contribution in [-0.2, 0) is 4.74 Å². The Kier molecular flexibility index (Phi) is 4.05. The quantitative estimate of drug-likeness (QED) is 0.724. The van der Waals surface area contributed by atoms with E-state index in [1.54, 1.807) is 0 Å². The van der Waals surface area contributed by atoms with Crippen LogP contribution in [0.15, 0.2) is 36.4 Å². The maximum atomic E-state index is 12.2. The molecule has 0 amide bonds. The number of rotatable bonds is 3. The molecule has 0 atom stereocenters. The number of benzene rings is 1. The molecule has 118 valence electrons. The summed E-state index contributed by atoms with van der Waals surface area (Å²) in [5.41, 5.74) is 9.55. The average Bonchev–Trinajstić information content (AvgIpc) is 2.85. The van der Waals surface area contributed by atoms with Gasteiger partial charge in [-0.25, -0.2) is 9.78 Å². The lowest BCUT2D eigenvalue weighted by Gasteiger charge is -2.06. The van der Waals surface area contributed by atoms with Gasteiger partial charge in [0.2, 0.25) is 0 Å². The van der Waals surface area contributed by atoms with Gasteiger partial charge >= 0.3 is 5.97 Å². The van der Waals surface area contributed by atoms with Crippen molar-refractivity contribution in [2.45, 2.75) is 26.9 Å². The zero-order valence-electron chi connectivity index (χ0n) is 13.3. The summed E-state index contributed by atoms with van der Waals surface area (Å²) in [4.78, 5) is 18.1. The number of anilines is 1. The molecule has 0 fully saturated rings. The number of hydrogen-bond acceptors (Lipinski definition) is 5. The van der Waals surface area contributed by atoms with E-state index < -0.39 is 0 Å². The van der Waals surface area contributed by atoms with Crippen molar-refractivity contribution in [2.75, 3.05) is 5.73 Å². The number of esters is 1. The minimum absolute atomic E-state index is 0.180. The maximum Gasteiger partial charge on any atom is 0.350 e. The van der Waals surface area contributed by atoms with Crippen LogP contribution in [0.25, 0.3) is 21.5 Å². The number of ether oxygens (including phenoxy) is 1. The van der Waals surface area contributed by atoms with Crippen LogP contribution in [0, 0.1) is 6.92 Å². The number of aromatic nitrogens is 1. The molecule has 0 radical (unpaired) electrons. The van der Waals surface area contributed by atoms with Gasteiger partial charge in [-0.15, -0.1) is 11.3 Å². The molecule has 0 unspecified atom stereocenters. The van der Waals surface area contributed by atoms with Gasteiger partial charge in [0, 0.05) is 10.9 Å². The molecule has 1 aromatic carbocycles. The Balaban J connectivity index is 2.13. The van der Waals surface area contributed by atoms with Crippen LogP contribution in [0.1, 0.15) is 29.1 Å². The Hall–Kier alpha value is -2.40. The van der Waals surface area contributed by atoms with Crippen LogP contribution in [0.5, 0.6) is 0 Å². The molecule has 0 aliphatic heterocycles. The fourth-order valence-electron chi connectivity index (χ4n) is 2.49. The lowest BCUT2D eigenvalue weighted by molar-refractivity contribution is 0.0385. The van der Waals surface area contributed by atoms with Gasteiger partial charge in [0.05, 0.1) is 17.5 Å². The summed E-state index contributed by atoms with van der Waals surface area (Å²) in [5, 5.41) is 0.838. The molecule has 2 N–H and O–H groups in total. The molecule has 5 heteroatoms. The highest BCUT2D eigenvalue weighted by atomic mass is 32.1. The van der Waals surface area contributed by atoms with Gasteiger partial charge in [-0.3, -0.25) is 0 Å². The number of nitrogen functional groups attached to an aromatic ring is 1. The monoisotopic (exact) mass is 326 g/mol. The first-order valence-electron chi connectivity index (χ1n) is 7.43. The summed E-state index contributed by atoms with van der Waals surface area (Å²) in [7, 11) is 0. The van der Waals surface area contributed by atoms with Crippen molar-refractivity contribution in [3.8, 4) is 11.3 Å². The number of nitrogens with two attached hydrogens (primary N) is 1. The normalized spacial score (nSPS) is 11.1. The number of hydrogen-bond donors (Lipinski definition) is 1. The van der Waals surface area contributed by atoms with Crippen molar-refractivity contribution < 1.29 is 9.53 Å². The first-order valence-corrected chi connectivity index (χ1v) is 8.25. The van der Waals surface area contributed by atoms with E-state index in [2.05, 4.69) is 4.98 Å². The molecule has 0 spiro atoms. The van der Waals surface area contributed by atoms with E-state index in [0.29, 0.717) is 10.6 Å². The van der Waals surface area contributed by atoms with Crippen molar-refractivity contribution in [2.24, 2.45) is 0 Å². The van der Waals surface area contributed by atoms with E-state index >= 15 is 0 Å². The fraction of sp³-hybridized carbons (Fsp3) is 0.222. The first-order chi connectivity index (χ1) is 11.0. The second-order valence-corrected chi connectivity index (χ2v) is 6.67. The van der Waals surface area contributed by atoms with Crippen LogP contribution in [0.3, 0.4) is 0 Å². The Bertz CT molecular complexity index is 870. The number of fused-ring (bicyclic) bond motifs is 1. The number of carbonyl (C=O) groups is 1. The predicted octanol–water partition coefficient (Wildman–Crippen LogP) is 4.42. The molecule has 0 saturated heterocycles. The summed E-state index contributed by atoms with van der Waals surface area (Å²) < 4.78 is 5.27. The van der Waals surface area contributed by atoms with Crippen molar-refractivity contribution >= 4 is 33.2 Å². The average molecular weight is 326 g/mol. The van der Waals surface area contributed by atoms with Crippen LogP contribution in [0.4, 0.5) is 5.69 Å². The predicted molar refractivity (Wildman–Crippen MR) is 94.8 cm³/mol. The summed E-state index contributed by atoms with van der Waals surface area (Å²) in [6, 6.07) is 11.9. The Morgan fingerprint density at radius 2 is 1.96 bits per heavy atom. The summed E-state index contributed by atoms with van der Waals surface area (Å²) in [6.07, 6.45) is -0.180. The second kappa shape index (κ2) is 6.01. The summed E-state index contributed by atoms with van der Waals surface area (Å²) in [6.45, 7) is 5.62. The van der Waals surface area contributed by atoms with Crippen molar-refractivity contribution in [1.29, 1.82) is 0 Å². The van der Waals surface area contributed by atoms with Crippen LogP contribution >= 0.6 is 11.3 Å². The Morgan fingerprint density at radius 3 is 2.61 bits per heavy atom. The van der Waals surface area contributed by atoms with Crippen molar-refractivity contribution in [3.63, 3.8) is 0 Å². The van der Waals surface area contributed by atoms with E-state index in [4.69, 9.17) is 10.5 Å². The van der Waals surface area contributed by atoms with Crippen LogP contribution < -0.4 is 5.73 Å². The first kappa shape index (κ1) is 15.5. The highest BCUT2D eigenvalue weighted by Crippen LogP contribution is 2.37. The van der Waals surface area contributed by atoms with E-state index in [0.717, 1.165) is 27.0 Å². The Morgan fingerprint density at radius 1 is 1.26 bits per heavy atom.